The number of non-ortho nitro benzene ring substituents is 1. The third-order valence-electron chi connectivity index (χ3n) is 2.80. The van der Waals surface area contributed by atoms with Crippen LogP contribution in [0, 0.1) is 10.1 Å². The fraction of sp³-hybridized carbons (Fsp3) is 0.133. The molecule has 0 fully saturated rings. The smallest absolute Gasteiger partial charge is 0.484 e. The second kappa shape index (κ2) is 7.51. The highest BCUT2D eigenvalue weighted by Crippen LogP contribution is 2.29. The molecule has 1 N–H and O–H groups in total. The van der Waals surface area contributed by atoms with Gasteiger partial charge in [0.2, 0.25) is 0 Å². The van der Waals surface area contributed by atoms with E-state index in [1.54, 1.807) is 0 Å². The first-order valence-corrected chi connectivity index (χ1v) is 6.76. The molecule has 0 aliphatic heterocycles. The summed E-state index contributed by atoms with van der Waals surface area (Å²) >= 11 is 0. The number of halogens is 3. The Morgan fingerprint density at radius 2 is 1.76 bits per heavy atom. The van der Waals surface area contributed by atoms with E-state index < -0.39 is 29.5 Å². The molecule has 0 saturated heterocycles. The number of benzene rings is 2. The summed E-state index contributed by atoms with van der Waals surface area (Å²) in [5.41, 5.74) is -0.313. The lowest BCUT2D eigenvalue weighted by Gasteiger charge is -2.14. The monoisotopic (exact) mass is 356 g/mol. The fourth-order valence-corrected chi connectivity index (χ4v) is 1.78. The quantitative estimate of drug-likeness (QED) is 0.632. The molecule has 10 heteroatoms. The predicted molar refractivity (Wildman–Crippen MR) is 80.3 cm³/mol. The summed E-state index contributed by atoms with van der Waals surface area (Å²) in [5, 5.41) is 12.8. The van der Waals surface area contributed by atoms with Crippen molar-refractivity contribution in [1.29, 1.82) is 0 Å². The Bertz CT molecular complexity index is 763. The zero-order valence-corrected chi connectivity index (χ0v) is 12.4. The summed E-state index contributed by atoms with van der Waals surface area (Å²) in [5.74, 6) is -1.09. The Kier molecular flexibility index (Phi) is 5.42. The Morgan fingerprint density at radius 3 is 2.36 bits per heavy atom. The lowest BCUT2D eigenvalue weighted by Crippen LogP contribution is -2.22. The Morgan fingerprint density at radius 1 is 1.12 bits per heavy atom. The number of hydrogen-bond donors (Lipinski definition) is 1. The molecule has 0 aliphatic carbocycles. The maximum absolute atomic E-state index is 12.3. The van der Waals surface area contributed by atoms with Crippen molar-refractivity contribution in [2.75, 3.05) is 11.9 Å². The van der Waals surface area contributed by atoms with Gasteiger partial charge in [0.1, 0.15) is 5.75 Å². The minimum absolute atomic E-state index is 0.143. The topological polar surface area (TPSA) is 90.7 Å². The van der Waals surface area contributed by atoms with Crippen LogP contribution in [-0.2, 0) is 4.79 Å². The number of carbonyl (C=O) groups excluding carboxylic acids is 1. The molecule has 2 aromatic rings. The average Bonchev–Trinajstić information content (AvgIpc) is 2.54. The molecule has 7 nitrogen and oxygen atoms in total. The van der Waals surface area contributed by atoms with Crippen LogP contribution in [0.3, 0.4) is 0 Å². The Hall–Kier alpha value is -3.30. The number of para-hydroxylation sites is 2. The summed E-state index contributed by atoms with van der Waals surface area (Å²) in [6.45, 7) is -0.502. The minimum Gasteiger partial charge on any atom is -0.484 e. The normalized spacial score (nSPS) is 10.8. The summed E-state index contributed by atoms with van der Waals surface area (Å²) in [6.07, 6.45) is -4.89. The standard InChI is InChI=1S/C15H11F3N2O5/c16-15(17,18)25-13-4-2-1-3-12(13)19-14(21)9-24-11-7-5-10(6-8-11)20(22)23/h1-8H,9H2,(H,19,21). The van der Waals surface area contributed by atoms with E-state index in [-0.39, 0.29) is 17.1 Å². The predicted octanol–water partition coefficient (Wildman–Crippen LogP) is 3.51. The molecule has 0 aliphatic rings. The van der Waals surface area contributed by atoms with Crippen molar-refractivity contribution >= 4 is 17.3 Å². The molecule has 0 spiro atoms. The molecular formula is C15H11F3N2O5. The second-order valence-corrected chi connectivity index (χ2v) is 4.63. The highest BCUT2D eigenvalue weighted by molar-refractivity contribution is 5.93. The first-order chi connectivity index (χ1) is 11.7. The molecule has 0 aromatic heterocycles. The van der Waals surface area contributed by atoms with Gasteiger partial charge < -0.3 is 14.8 Å². The number of ether oxygens (including phenoxy) is 2. The highest BCUT2D eigenvalue weighted by atomic mass is 19.4. The van der Waals surface area contributed by atoms with Crippen LogP contribution in [0.4, 0.5) is 24.5 Å². The molecule has 0 unspecified atom stereocenters. The third kappa shape index (κ3) is 5.68. The van der Waals surface area contributed by atoms with Crippen molar-refractivity contribution in [2.45, 2.75) is 6.36 Å². The van der Waals surface area contributed by atoms with Crippen molar-refractivity contribution < 1.29 is 32.4 Å². The molecule has 0 radical (unpaired) electrons. The van der Waals surface area contributed by atoms with E-state index in [9.17, 15) is 28.1 Å². The second-order valence-electron chi connectivity index (χ2n) is 4.63. The molecule has 0 saturated carbocycles. The van der Waals surface area contributed by atoms with Gasteiger partial charge in [-0.15, -0.1) is 13.2 Å². The van der Waals surface area contributed by atoms with Gasteiger partial charge in [-0.1, -0.05) is 12.1 Å². The van der Waals surface area contributed by atoms with Crippen LogP contribution in [0.2, 0.25) is 0 Å². The largest absolute Gasteiger partial charge is 0.573 e. The molecule has 0 bridgehead atoms. The lowest BCUT2D eigenvalue weighted by molar-refractivity contribution is -0.384. The van der Waals surface area contributed by atoms with Gasteiger partial charge in [0.15, 0.2) is 12.4 Å². The number of carbonyl (C=O) groups is 1. The third-order valence-corrected chi connectivity index (χ3v) is 2.80. The lowest BCUT2D eigenvalue weighted by atomic mass is 10.3. The summed E-state index contributed by atoms with van der Waals surface area (Å²) in [7, 11) is 0. The highest BCUT2D eigenvalue weighted by Gasteiger charge is 2.32. The minimum atomic E-state index is -4.89. The van der Waals surface area contributed by atoms with Crippen LogP contribution in [0.5, 0.6) is 11.5 Å². The van der Waals surface area contributed by atoms with Gasteiger partial charge in [-0.25, -0.2) is 0 Å². The molecule has 0 atom stereocenters. The van der Waals surface area contributed by atoms with Crippen molar-refractivity contribution in [3.05, 3.63) is 58.6 Å². The van der Waals surface area contributed by atoms with Gasteiger partial charge in [-0.05, 0) is 24.3 Å². The zero-order valence-electron chi connectivity index (χ0n) is 12.4. The summed E-state index contributed by atoms with van der Waals surface area (Å²) < 4.78 is 45.9. The molecule has 1 amide bonds. The van der Waals surface area contributed by atoms with Crippen molar-refractivity contribution in [1.82, 2.24) is 0 Å². The first-order valence-electron chi connectivity index (χ1n) is 6.76. The van der Waals surface area contributed by atoms with E-state index in [4.69, 9.17) is 4.74 Å². The number of rotatable bonds is 6. The molecule has 132 valence electrons. The van der Waals surface area contributed by atoms with Crippen LogP contribution < -0.4 is 14.8 Å². The molecule has 0 heterocycles. The van der Waals surface area contributed by atoms with Gasteiger partial charge in [0.25, 0.3) is 11.6 Å². The average molecular weight is 356 g/mol. The van der Waals surface area contributed by atoms with Gasteiger partial charge in [-0.2, -0.15) is 0 Å². The van der Waals surface area contributed by atoms with E-state index >= 15 is 0 Å². The summed E-state index contributed by atoms with van der Waals surface area (Å²) in [4.78, 5) is 21.7. The van der Waals surface area contributed by atoms with Gasteiger partial charge in [0.05, 0.1) is 10.6 Å². The fourth-order valence-electron chi connectivity index (χ4n) is 1.78. The molecule has 2 rings (SSSR count). The number of amides is 1. The van der Waals surface area contributed by atoms with Crippen molar-refractivity contribution in [2.24, 2.45) is 0 Å². The number of anilines is 1. The van der Waals surface area contributed by atoms with Gasteiger partial charge in [-0.3, -0.25) is 14.9 Å². The molecule has 2 aromatic carbocycles. The number of nitro benzene ring substituents is 1. The number of hydrogen-bond acceptors (Lipinski definition) is 5. The SMILES string of the molecule is O=C(COc1ccc([N+](=O)[O-])cc1)Nc1ccccc1OC(F)(F)F. The molecular weight excluding hydrogens is 345 g/mol. The Balaban J connectivity index is 1.95. The molecule has 25 heavy (non-hydrogen) atoms. The van der Waals surface area contributed by atoms with Gasteiger partial charge >= 0.3 is 6.36 Å². The van der Waals surface area contributed by atoms with E-state index in [1.807, 2.05) is 0 Å². The van der Waals surface area contributed by atoms with Crippen molar-refractivity contribution in [3.8, 4) is 11.5 Å². The van der Waals surface area contributed by atoms with Crippen LogP contribution in [0.15, 0.2) is 48.5 Å². The maximum Gasteiger partial charge on any atom is 0.573 e. The van der Waals surface area contributed by atoms with Crippen LogP contribution in [-0.4, -0.2) is 23.8 Å². The number of alkyl halides is 3. The van der Waals surface area contributed by atoms with E-state index in [1.165, 1.54) is 42.5 Å². The van der Waals surface area contributed by atoms with E-state index in [0.29, 0.717) is 0 Å². The van der Waals surface area contributed by atoms with Gasteiger partial charge in [0, 0.05) is 12.1 Å². The first kappa shape index (κ1) is 18.0. The Labute approximate surface area is 139 Å². The number of nitro groups is 1. The number of nitrogens with zero attached hydrogens (tertiary/aromatic N) is 1. The van der Waals surface area contributed by atoms with Crippen molar-refractivity contribution in [3.63, 3.8) is 0 Å². The summed E-state index contributed by atoms with van der Waals surface area (Å²) in [6, 6.07) is 10.0. The maximum atomic E-state index is 12.3. The van der Waals surface area contributed by atoms with E-state index in [0.717, 1.165) is 6.07 Å². The number of nitrogens with one attached hydrogen (secondary N) is 1. The van der Waals surface area contributed by atoms with Crippen LogP contribution in [0.25, 0.3) is 0 Å². The van der Waals surface area contributed by atoms with Crippen LogP contribution in [0.1, 0.15) is 0 Å². The zero-order chi connectivity index (χ0) is 18.4. The van der Waals surface area contributed by atoms with E-state index in [2.05, 4.69) is 10.1 Å². The van der Waals surface area contributed by atoms with Crippen LogP contribution >= 0.6 is 0 Å².